The fraction of sp³-hybridized carbons (Fsp3) is 0.800. The average molecular weight is 300 g/mol. The number of nitrogens with zero attached hydrogens (tertiary/aromatic N) is 2. The standard InChI is InChI=1S/C15H26ClN3O/c1-3-13-15(16)14(19(2)18-13)10-20-9-12-7-5-4-6-11(12)8-17/h11-12H,3-10,17H2,1-2H3. The van der Waals surface area contributed by atoms with Gasteiger partial charge in [0.1, 0.15) is 0 Å². The van der Waals surface area contributed by atoms with E-state index in [0.29, 0.717) is 18.4 Å². The second-order valence-electron chi connectivity index (χ2n) is 5.74. The van der Waals surface area contributed by atoms with Gasteiger partial charge in [0.2, 0.25) is 0 Å². The van der Waals surface area contributed by atoms with Crippen molar-refractivity contribution in [2.75, 3.05) is 13.2 Å². The molecule has 2 atom stereocenters. The van der Waals surface area contributed by atoms with Crippen LogP contribution in [0.2, 0.25) is 5.02 Å². The Hall–Kier alpha value is -0.580. The van der Waals surface area contributed by atoms with Crippen molar-refractivity contribution in [1.82, 2.24) is 9.78 Å². The molecule has 0 spiro atoms. The zero-order valence-electron chi connectivity index (χ0n) is 12.6. The minimum absolute atomic E-state index is 0.538. The normalized spacial score (nSPS) is 23.2. The summed E-state index contributed by atoms with van der Waals surface area (Å²) in [5.41, 5.74) is 7.78. The molecular weight excluding hydrogens is 274 g/mol. The third kappa shape index (κ3) is 3.54. The molecule has 1 aromatic rings. The molecule has 1 fully saturated rings. The zero-order chi connectivity index (χ0) is 14.5. The second-order valence-corrected chi connectivity index (χ2v) is 6.12. The van der Waals surface area contributed by atoms with Gasteiger partial charge in [-0.1, -0.05) is 31.4 Å². The Balaban J connectivity index is 1.88. The van der Waals surface area contributed by atoms with Crippen LogP contribution in [-0.4, -0.2) is 22.9 Å². The molecule has 1 aromatic heterocycles. The van der Waals surface area contributed by atoms with E-state index < -0.39 is 0 Å². The molecule has 1 aliphatic carbocycles. The third-order valence-corrected chi connectivity index (χ3v) is 4.88. The van der Waals surface area contributed by atoms with Gasteiger partial charge in [-0.25, -0.2) is 0 Å². The molecule has 2 unspecified atom stereocenters. The van der Waals surface area contributed by atoms with Gasteiger partial charge in [-0.15, -0.1) is 0 Å². The predicted octanol–water partition coefficient (Wildman–Crippen LogP) is 2.92. The molecule has 2 N–H and O–H groups in total. The van der Waals surface area contributed by atoms with Crippen LogP contribution in [0.15, 0.2) is 0 Å². The van der Waals surface area contributed by atoms with E-state index in [2.05, 4.69) is 12.0 Å². The fourth-order valence-electron chi connectivity index (χ4n) is 3.10. The smallest absolute Gasteiger partial charge is 0.0900 e. The number of rotatable bonds is 6. The lowest BCUT2D eigenvalue weighted by molar-refractivity contribution is 0.0483. The van der Waals surface area contributed by atoms with Crippen LogP contribution in [-0.2, 0) is 24.8 Å². The van der Waals surface area contributed by atoms with Gasteiger partial charge in [0.05, 0.1) is 29.6 Å². The summed E-state index contributed by atoms with van der Waals surface area (Å²) in [6, 6.07) is 0. The number of aromatic nitrogens is 2. The minimum Gasteiger partial charge on any atom is -0.375 e. The molecule has 1 aliphatic rings. The number of ether oxygens (including phenoxy) is 1. The molecule has 114 valence electrons. The molecule has 0 radical (unpaired) electrons. The first-order valence-corrected chi connectivity index (χ1v) is 8.03. The first kappa shape index (κ1) is 15.8. The summed E-state index contributed by atoms with van der Waals surface area (Å²) >= 11 is 6.32. The van der Waals surface area contributed by atoms with E-state index in [1.54, 1.807) is 0 Å². The molecule has 1 heterocycles. The summed E-state index contributed by atoms with van der Waals surface area (Å²) in [5, 5.41) is 5.17. The monoisotopic (exact) mass is 299 g/mol. The predicted molar refractivity (Wildman–Crippen MR) is 81.8 cm³/mol. The highest BCUT2D eigenvalue weighted by atomic mass is 35.5. The summed E-state index contributed by atoms with van der Waals surface area (Å²) in [7, 11) is 1.92. The number of halogens is 1. The Kier molecular flexibility index (Phi) is 5.87. The van der Waals surface area contributed by atoms with Crippen LogP contribution >= 0.6 is 11.6 Å². The molecule has 1 saturated carbocycles. The Morgan fingerprint density at radius 3 is 2.65 bits per heavy atom. The van der Waals surface area contributed by atoms with Crippen molar-refractivity contribution >= 4 is 11.6 Å². The van der Waals surface area contributed by atoms with Crippen molar-refractivity contribution in [3.05, 3.63) is 16.4 Å². The zero-order valence-corrected chi connectivity index (χ0v) is 13.3. The maximum absolute atomic E-state index is 6.32. The lowest BCUT2D eigenvalue weighted by Crippen LogP contribution is -2.29. The van der Waals surface area contributed by atoms with Crippen LogP contribution < -0.4 is 5.73 Å². The van der Waals surface area contributed by atoms with Gasteiger partial charge in [-0.2, -0.15) is 5.10 Å². The highest BCUT2D eigenvalue weighted by molar-refractivity contribution is 6.31. The largest absolute Gasteiger partial charge is 0.375 e. The highest BCUT2D eigenvalue weighted by Crippen LogP contribution is 2.30. The lowest BCUT2D eigenvalue weighted by Gasteiger charge is -2.30. The quantitative estimate of drug-likeness (QED) is 0.879. The van der Waals surface area contributed by atoms with Crippen molar-refractivity contribution in [2.45, 2.75) is 45.6 Å². The van der Waals surface area contributed by atoms with E-state index in [9.17, 15) is 0 Å². The molecule has 20 heavy (non-hydrogen) atoms. The van der Waals surface area contributed by atoms with Crippen LogP contribution in [0.1, 0.15) is 44.0 Å². The van der Waals surface area contributed by atoms with Crippen molar-refractivity contribution < 1.29 is 4.74 Å². The Labute approximate surface area is 126 Å². The van der Waals surface area contributed by atoms with E-state index in [0.717, 1.165) is 36.0 Å². The number of nitrogens with two attached hydrogens (primary N) is 1. The average Bonchev–Trinajstić information content (AvgIpc) is 2.75. The van der Waals surface area contributed by atoms with Gasteiger partial charge in [0.25, 0.3) is 0 Å². The van der Waals surface area contributed by atoms with E-state index in [-0.39, 0.29) is 0 Å². The first-order valence-electron chi connectivity index (χ1n) is 7.65. The number of aryl methyl sites for hydroxylation is 2. The van der Waals surface area contributed by atoms with E-state index >= 15 is 0 Å². The highest BCUT2D eigenvalue weighted by Gasteiger charge is 2.24. The Bertz CT molecular complexity index is 433. The second kappa shape index (κ2) is 7.43. The van der Waals surface area contributed by atoms with Gasteiger partial charge >= 0.3 is 0 Å². The SMILES string of the molecule is CCc1nn(C)c(COCC2CCCCC2CN)c1Cl. The lowest BCUT2D eigenvalue weighted by atomic mass is 9.80. The summed E-state index contributed by atoms with van der Waals surface area (Å²) in [6.07, 6.45) is 5.95. The van der Waals surface area contributed by atoms with E-state index in [1.165, 1.54) is 25.7 Å². The Morgan fingerprint density at radius 2 is 2.05 bits per heavy atom. The molecule has 2 rings (SSSR count). The van der Waals surface area contributed by atoms with Gasteiger partial charge < -0.3 is 10.5 Å². The molecule has 0 amide bonds. The number of hydrogen-bond acceptors (Lipinski definition) is 3. The molecule has 0 aromatic carbocycles. The molecule has 0 aliphatic heterocycles. The van der Waals surface area contributed by atoms with Crippen LogP contribution in [0.3, 0.4) is 0 Å². The van der Waals surface area contributed by atoms with Gasteiger partial charge in [0.15, 0.2) is 0 Å². The minimum atomic E-state index is 0.538. The van der Waals surface area contributed by atoms with Gasteiger partial charge in [-0.05, 0) is 37.6 Å². The van der Waals surface area contributed by atoms with Crippen LogP contribution in [0.5, 0.6) is 0 Å². The maximum atomic E-state index is 6.32. The number of hydrogen-bond donors (Lipinski definition) is 1. The third-order valence-electron chi connectivity index (χ3n) is 4.44. The summed E-state index contributed by atoms with van der Waals surface area (Å²) in [6.45, 7) is 4.16. The van der Waals surface area contributed by atoms with E-state index in [4.69, 9.17) is 22.1 Å². The van der Waals surface area contributed by atoms with Crippen LogP contribution in [0.25, 0.3) is 0 Å². The van der Waals surface area contributed by atoms with Crippen molar-refractivity contribution in [2.24, 2.45) is 24.6 Å². The van der Waals surface area contributed by atoms with Crippen LogP contribution in [0, 0.1) is 11.8 Å². The van der Waals surface area contributed by atoms with Gasteiger partial charge in [0, 0.05) is 7.05 Å². The molecule has 5 heteroatoms. The first-order chi connectivity index (χ1) is 9.67. The van der Waals surface area contributed by atoms with Gasteiger partial charge in [-0.3, -0.25) is 4.68 Å². The molecule has 0 saturated heterocycles. The van der Waals surface area contributed by atoms with Crippen molar-refractivity contribution in [3.63, 3.8) is 0 Å². The summed E-state index contributed by atoms with van der Waals surface area (Å²) < 4.78 is 7.75. The maximum Gasteiger partial charge on any atom is 0.0900 e. The van der Waals surface area contributed by atoms with E-state index in [1.807, 2.05) is 11.7 Å². The van der Waals surface area contributed by atoms with Crippen molar-refractivity contribution in [1.29, 1.82) is 0 Å². The summed E-state index contributed by atoms with van der Waals surface area (Å²) in [5.74, 6) is 1.23. The molecule has 0 bridgehead atoms. The van der Waals surface area contributed by atoms with Crippen LogP contribution in [0.4, 0.5) is 0 Å². The molecule has 4 nitrogen and oxygen atoms in total. The fourth-order valence-corrected chi connectivity index (χ4v) is 3.45. The molecular formula is C15H26ClN3O. The Morgan fingerprint density at radius 1 is 1.35 bits per heavy atom. The van der Waals surface area contributed by atoms with Crippen molar-refractivity contribution in [3.8, 4) is 0 Å². The summed E-state index contributed by atoms with van der Waals surface area (Å²) in [4.78, 5) is 0. The topological polar surface area (TPSA) is 53.1 Å².